The van der Waals surface area contributed by atoms with Crippen LogP contribution in [0.1, 0.15) is 11.1 Å². The van der Waals surface area contributed by atoms with Gasteiger partial charge in [0.25, 0.3) is 5.09 Å². The molecule has 174 valence electrons. The molecule has 12 nitrogen and oxygen atoms in total. The van der Waals surface area contributed by atoms with E-state index in [0.29, 0.717) is 16.9 Å². The number of hydrogen-bond donors (Lipinski definition) is 3. The summed E-state index contributed by atoms with van der Waals surface area (Å²) < 4.78 is 49.2. The molecule has 0 amide bonds. The summed E-state index contributed by atoms with van der Waals surface area (Å²) in [5.41, 5.74) is 6.39. The highest BCUT2D eigenvalue weighted by molar-refractivity contribution is 7.87. The molecule has 0 fully saturated rings. The lowest BCUT2D eigenvalue weighted by atomic mass is 10.2. The molecule has 2 aromatic carbocycles. The Morgan fingerprint density at radius 2 is 1.91 bits per heavy atom. The molecule has 0 aliphatic carbocycles. The Kier molecular flexibility index (Phi) is 9.34. The van der Waals surface area contributed by atoms with E-state index in [1.807, 2.05) is 0 Å². The molecule has 0 saturated heterocycles. The lowest BCUT2D eigenvalue weighted by Gasteiger charge is -2.16. The SMILES string of the molecule is C=NN(CCOc1cc(C)cc(OS(=O)(=O)c2cc(F)ccc2C)c1)C(=N)N.O=[N+]([O-])O. The zero-order chi connectivity index (χ0) is 24.5. The number of ether oxygens (including phenoxy) is 1. The minimum atomic E-state index is -4.22. The van der Waals surface area contributed by atoms with Crippen LogP contribution in [0.2, 0.25) is 0 Å². The highest BCUT2D eigenvalue weighted by Crippen LogP contribution is 2.27. The third-order valence-corrected chi connectivity index (χ3v) is 5.06. The van der Waals surface area contributed by atoms with Crippen molar-refractivity contribution in [2.45, 2.75) is 18.7 Å². The van der Waals surface area contributed by atoms with Crippen LogP contribution in [0.4, 0.5) is 4.39 Å². The quantitative estimate of drug-likeness (QED) is 0.171. The van der Waals surface area contributed by atoms with Crippen LogP contribution in [0.25, 0.3) is 0 Å². The van der Waals surface area contributed by atoms with Gasteiger partial charge in [-0.25, -0.2) is 9.40 Å². The Morgan fingerprint density at radius 3 is 2.47 bits per heavy atom. The molecule has 14 heteroatoms. The molecule has 2 aromatic rings. The van der Waals surface area contributed by atoms with Crippen molar-refractivity contribution in [1.29, 1.82) is 5.41 Å². The Hall–Kier alpha value is -3.94. The smallest absolute Gasteiger partial charge is 0.339 e. The predicted molar refractivity (Wildman–Crippen MR) is 113 cm³/mol. The molecule has 0 unspecified atom stereocenters. The first-order valence-corrected chi connectivity index (χ1v) is 10.1. The van der Waals surface area contributed by atoms with Crippen LogP contribution in [0.3, 0.4) is 0 Å². The average molecular weight is 471 g/mol. The fourth-order valence-electron chi connectivity index (χ4n) is 2.38. The van der Waals surface area contributed by atoms with Gasteiger partial charge in [0.2, 0.25) is 5.96 Å². The monoisotopic (exact) mass is 471 g/mol. The number of aryl methyl sites for hydroxylation is 2. The second kappa shape index (κ2) is 11.5. The van der Waals surface area contributed by atoms with E-state index in [4.69, 9.17) is 35.4 Å². The Labute approximate surface area is 183 Å². The highest BCUT2D eigenvalue weighted by atomic mass is 32.2. The average Bonchev–Trinajstić information content (AvgIpc) is 2.65. The fourth-order valence-corrected chi connectivity index (χ4v) is 3.54. The van der Waals surface area contributed by atoms with Gasteiger partial charge >= 0.3 is 10.1 Å². The minimum absolute atomic E-state index is 0.0314. The number of nitrogens with one attached hydrogen (secondary N) is 1. The Balaban J connectivity index is 0.00000118. The summed E-state index contributed by atoms with van der Waals surface area (Å²) in [6.07, 6.45) is 0. The van der Waals surface area contributed by atoms with E-state index >= 15 is 0 Å². The third-order valence-electron chi connectivity index (χ3n) is 3.67. The van der Waals surface area contributed by atoms with Crippen molar-refractivity contribution < 1.29 is 32.0 Å². The van der Waals surface area contributed by atoms with Gasteiger partial charge in [0, 0.05) is 12.8 Å². The molecule has 0 aromatic heterocycles. The van der Waals surface area contributed by atoms with E-state index < -0.39 is 21.0 Å². The molecular weight excluding hydrogens is 449 g/mol. The van der Waals surface area contributed by atoms with Gasteiger partial charge in [0.05, 0.1) is 6.54 Å². The van der Waals surface area contributed by atoms with Crippen molar-refractivity contribution in [2.75, 3.05) is 13.2 Å². The van der Waals surface area contributed by atoms with Crippen molar-refractivity contribution in [2.24, 2.45) is 10.8 Å². The second-order valence-electron chi connectivity index (χ2n) is 6.17. The van der Waals surface area contributed by atoms with E-state index in [-0.39, 0.29) is 29.8 Å². The molecule has 0 radical (unpaired) electrons. The molecule has 0 saturated carbocycles. The summed E-state index contributed by atoms with van der Waals surface area (Å²) >= 11 is 0. The molecule has 0 aliphatic heterocycles. The van der Waals surface area contributed by atoms with Crippen LogP contribution in [0.5, 0.6) is 11.5 Å². The Morgan fingerprint density at radius 1 is 1.31 bits per heavy atom. The second-order valence-corrected chi connectivity index (χ2v) is 7.68. The summed E-state index contributed by atoms with van der Waals surface area (Å²) in [5, 5.41) is 25.7. The summed E-state index contributed by atoms with van der Waals surface area (Å²) in [5.74, 6) is -0.562. The first kappa shape index (κ1) is 26.1. The maximum absolute atomic E-state index is 13.5. The normalized spacial score (nSPS) is 10.3. The summed E-state index contributed by atoms with van der Waals surface area (Å²) in [7, 11) is -4.22. The van der Waals surface area contributed by atoms with E-state index in [1.165, 1.54) is 24.3 Å². The van der Waals surface area contributed by atoms with Crippen molar-refractivity contribution in [3.63, 3.8) is 0 Å². The van der Waals surface area contributed by atoms with Crippen LogP contribution in [-0.4, -0.2) is 49.5 Å². The van der Waals surface area contributed by atoms with Crippen molar-refractivity contribution in [3.05, 3.63) is 63.5 Å². The van der Waals surface area contributed by atoms with Gasteiger partial charge in [-0.15, -0.1) is 10.1 Å². The summed E-state index contributed by atoms with van der Waals surface area (Å²) in [6.45, 7) is 6.90. The van der Waals surface area contributed by atoms with E-state index in [9.17, 15) is 12.8 Å². The van der Waals surface area contributed by atoms with Crippen LogP contribution < -0.4 is 14.7 Å². The molecule has 2 rings (SSSR count). The van der Waals surface area contributed by atoms with Gasteiger partial charge in [-0.05, 0) is 49.2 Å². The lowest BCUT2D eigenvalue weighted by molar-refractivity contribution is -0.742. The fraction of sp³-hybridized carbons (Fsp3) is 0.222. The molecule has 4 N–H and O–H groups in total. The molecule has 0 bridgehead atoms. The highest BCUT2D eigenvalue weighted by Gasteiger charge is 2.20. The molecule has 32 heavy (non-hydrogen) atoms. The van der Waals surface area contributed by atoms with Crippen LogP contribution in [-0.2, 0) is 10.1 Å². The number of benzene rings is 2. The molecule has 0 aliphatic rings. The van der Waals surface area contributed by atoms with Crippen molar-refractivity contribution in [1.82, 2.24) is 5.01 Å². The van der Waals surface area contributed by atoms with Gasteiger partial charge in [-0.1, -0.05) is 6.07 Å². The molecule has 0 atom stereocenters. The molecular formula is C18H22FN5O7S. The maximum atomic E-state index is 13.5. The standard InChI is InChI=1S/C18H21FN4O4S.HNO3/c1-12-8-15(26-7-6-23(22-3)18(20)21)11-16(9-12)27-28(24,25)17-10-14(19)5-4-13(17)2;2-1(3)4/h4-5,8-11H,3,6-7H2,1-2H3,(H3,20,21);(H,2,3,4). The summed E-state index contributed by atoms with van der Waals surface area (Å²) in [6, 6.07) is 8.06. The molecule has 0 spiro atoms. The van der Waals surface area contributed by atoms with E-state index in [1.54, 1.807) is 19.9 Å². The lowest BCUT2D eigenvalue weighted by Crippen LogP contribution is -2.34. The number of nitrogens with zero attached hydrogens (tertiary/aromatic N) is 3. The number of nitrogens with two attached hydrogens (primary N) is 1. The van der Waals surface area contributed by atoms with Gasteiger partial charge in [-0.2, -0.15) is 13.5 Å². The number of hydrogen-bond acceptors (Lipinski definition) is 8. The number of hydrazone groups is 1. The van der Waals surface area contributed by atoms with Gasteiger partial charge in [0.1, 0.15) is 28.8 Å². The topological polar surface area (TPSA) is 181 Å². The van der Waals surface area contributed by atoms with Gasteiger partial charge < -0.3 is 19.9 Å². The van der Waals surface area contributed by atoms with Crippen LogP contribution in [0, 0.1) is 35.2 Å². The number of halogens is 1. The maximum Gasteiger partial charge on any atom is 0.339 e. The van der Waals surface area contributed by atoms with Crippen molar-refractivity contribution in [3.8, 4) is 11.5 Å². The largest absolute Gasteiger partial charge is 0.492 e. The zero-order valence-electron chi connectivity index (χ0n) is 17.2. The van der Waals surface area contributed by atoms with Gasteiger partial charge in [-0.3, -0.25) is 5.41 Å². The summed E-state index contributed by atoms with van der Waals surface area (Å²) in [4.78, 5) is 8.12. The van der Waals surface area contributed by atoms with Crippen LogP contribution >= 0.6 is 0 Å². The first-order chi connectivity index (χ1) is 14.9. The number of guanidine groups is 1. The van der Waals surface area contributed by atoms with Gasteiger partial charge in [0.15, 0.2) is 0 Å². The van der Waals surface area contributed by atoms with E-state index in [2.05, 4.69) is 11.8 Å². The van der Waals surface area contributed by atoms with E-state index in [0.717, 1.165) is 11.1 Å². The Bertz CT molecular complexity index is 1090. The van der Waals surface area contributed by atoms with Crippen molar-refractivity contribution >= 4 is 22.8 Å². The number of rotatable bonds is 8. The first-order valence-electron chi connectivity index (χ1n) is 8.72. The molecule has 0 heterocycles. The third kappa shape index (κ3) is 8.43. The zero-order valence-corrected chi connectivity index (χ0v) is 18.0. The van der Waals surface area contributed by atoms with Crippen LogP contribution in [0.15, 0.2) is 46.4 Å². The minimum Gasteiger partial charge on any atom is -0.492 e. The predicted octanol–water partition coefficient (Wildman–Crippen LogP) is 2.05.